The minimum absolute atomic E-state index is 0.391. The summed E-state index contributed by atoms with van der Waals surface area (Å²) in [6, 6.07) is 0. The number of methoxy groups -OCH3 is 1. The van der Waals surface area contributed by atoms with Crippen LogP contribution in [0, 0.1) is 5.92 Å². The molecule has 1 rings (SSSR count). The Morgan fingerprint density at radius 3 is 2.71 bits per heavy atom. The van der Waals surface area contributed by atoms with Crippen LogP contribution in [0.4, 0.5) is 0 Å². The van der Waals surface area contributed by atoms with Gasteiger partial charge in [0.05, 0.1) is 18.8 Å². The third kappa shape index (κ3) is 3.95. The maximum atomic E-state index is 5.81. The van der Waals surface area contributed by atoms with E-state index in [1.807, 2.05) is 0 Å². The van der Waals surface area contributed by atoms with Crippen LogP contribution >= 0.6 is 0 Å². The fourth-order valence-electron chi connectivity index (χ4n) is 1.84. The topological polar surface area (TPSA) is 44.5 Å². The standard InChI is InChI=1S/C11H23NO2/c1-9(7-12)8-14-11-5-3-4-10(6-11)13-2/h9-11H,3-8,12H2,1-2H3. The molecule has 0 saturated heterocycles. The van der Waals surface area contributed by atoms with Crippen molar-refractivity contribution in [3.05, 3.63) is 0 Å². The van der Waals surface area contributed by atoms with Gasteiger partial charge in [-0.05, 0) is 38.1 Å². The number of rotatable bonds is 5. The van der Waals surface area contributed by atoms with Gasteiger partial charge in [0, 0.05) is 7.11 Å². The molecular formula is C11H23NO2. The van der Waals surface area contributed by atoms with Crippen LogP contribution < -0.4 is 5.73 Å². The fraction of sp³-hybridized carbons (Fsp3) is 1.00. The van der Waals surface area contributed by atoms with E-state index >= 15 is 0 Å². The van der Waals surface area contributed by atoms with Crippen LogP contribution in [-0.2, 0) is 9.47 Å². The van der Waals surface area contributed by atoms with E-state index in [0.29, 0.717) is 24.7 Å². The largest absolute Gasteiger partial charge is 0.381 e. The quantitative estimate of drug-likeness (QED) is 0.734. The van der Waals surface area contributed by atoms with Gasteiger partial charge in [0.25, 0.3) is 0 Å². The van der Waals surface area contributed by atoms with Crippen molar-refractivity contribution >= 4 is 0 Å². The van der Waals surface area contributed by atoms with Gasteiger partial charge < -0.3 is 15.2 Å². The van der Waals surface area contributed by atoms with Gasteiger partial charge in [-0.2, -0.15) is 0 Å². The highest BCUT2D eigenvalue weighted by atomic mass is 16.5. The molecule has 0 amide bonds. The Morgan fingerprint density at radius 2 is 2.07 bits per heavy atom. The molecule has 0 aromatic heterocycles. The Kier molecular flexibility index (Phi) is 5.45. The van der Waals surface area contributed by atoms with Gasteiger partial charge in [0.15, 0.2) is 0 Å². The van der Waals surface area contributed by atoms with Crippen molar-refractivity contribution in [2.45, 2.75) is 44.8 Å². The minimum atomic E-state index is 0.391. The molecule has 1 aliphatic carbocycles. The Morgan fingerprint density at radius 1 is 1.36 bits per heavy atom. The molecule has 1 aliphatic rings. The molecule has 3 atom stereocenters. The summed E-state index contributed by atoms with van der Waals surface area (Å²) in [5.41, 5.74) is 5.54. The monoisotopic (exact) mass is 201 g/mol. The lowest BCUT2D eigenvalue weighted by molar-refractivity contribution is -0.0376. The third-order valence-electron chi connectivity index (χ3n) is 2.93. The smallest absolute Gasteiger partial charge is 0.0600 e. The van der Waals surface area contributed by atoms with Gasteiger partial charge in [-0.15, -0.1) is 0 Å². The third-order valence-corrected chi connectivity index (χ3v) is 2.93. The second-order valence-electron chi connectivity index (χ2n) is 4.32. The predicted molar refractivity (Wildman–Crippen MR) is 57.2 cm³/mol. The van der Waals surface area contributed by atoms with Crippen molar-refractivity contribution in [3.63, 3.8) is 0 Å². The van der Waals surface area contributed by atoms with E-state index in [0.717, 1.165) is 13.0 Å². The fourth-order valence-corrected chi connectivity index (χ4v) is 1.84. The molecule has 0 radical (unpaired) electrons. The molecule has 0 bridgehead atoms. The van der Waals surface area contributed by atoms with E-state index in [9.17, 15) is 0 Å². The van der Waals surface area contributed by atoms with Crippen LogP contribution in [0.25, 0.3) is 0 Å². The molecule has 84 valence electrons. The van der Waals surface area contributed by atoms with E-state index < -0.39 is 0 Å². The predicted octanol–water partition coefficient (Wildman–Crippen LogP) is 1.56. The molecule has 0 heterocycles. The summed E-state index contributed by atoms with van der Waals surface area (Å²) in [5, 5.41) is 0. The first-order chi connectivity index (χ1) is 6.76. The molecule has 3 heteroatoms. The van der Waals surface area contributed by atoms with Crippen molar-refractivity contribution < 1.29 is 9.47 Å². The van der Waals surface area contributed by atoms with Crippen LogP contribution in [0.3, 0.4) is 0 Å². The van der Waals surface area contributed by atoms with Crippen LogP contribution in [0.1, 0.15) is 32.6 Å². The van der Waals surface area contributed by atoms with Crippen molar-refractivity contribution in [3.8, 4) is 0 Å². The Balaban J connectivity index is 2.17. The SMILES string of the molecule is COC1CCCC(OCC(C)CN)C1. The lowest BCUT2D eigenvalue weighted by Gasteiger charge is -2.28. The highest BCUT2D eigenvalue weighted by Crippen LogP contribution is 2.23. The molecule has 2 N–H and O–H groups in total. The number of hydrogen-bond acceptors (Lipinski definition) is 3. The summed E-state index contributed by atoms with van der Waals surface area (Å²) in [7, 11) is 1.79. The van der Waals surface area contributed by atoms with E-state index in [1.54, 1.807) is 7.11 Å². The highest BCUT2D eigenvalue weighted by molar-refractivity contribution is 4.73. The van der Waals surface area contributed by atoms with Crippen LogP contribution in [-0.4, -0.2) is 32.5 Å². The van der Waals surface area contributed by atoms with Gasteiger partial charge >= 0.3 is 0 Å². The molecule has 1 fully saturated rings. The summed E-state index contributed by atoms with van der Waals surface area (Å²) >= 11 is 0. The van der Waals surface area contributed by atoms with Crippen molar-refractivity contribution in [2.24, 2.45) is 11.7 Å². The van der Waals surface area contributed by atoms with Gasteiger partial charge in [-0.1, -0.05) is 6.92 Å². The molecule has 0 aliphatic heterocycles. The van der Waals surface area contributed by atoms with Crippen LogP contribution in [0.5, 0.6) is 0 Å². The molecule has 14 heavy (non-hydrogen) atoms. The zero-order chi connectivity index (χ0) is 10.4. The summed E-state index contributed by atoms with van der Waals surface area (Å²) in [6.45, 7) is 3.62. The summed E-state index contributed by atoms with van der Waals surface area (Å²) in [6.07, 6.45) is 5.43. The average molecular weight is 201 g/mol. The normalized spacial score (nSPS) is 30.2. The molecule has 0 aromatic carbocycles. The van der Waals surface area contributed by atoms with E-state index in [1.165, 1.54) is 19.3 Å². The second-order valence-corrected chi connectivity index (χ2v) is 4.32. The average Bonchev–Trinajstić information content (AvgIpc) is 2.26. The molecule has 0 aromatic rings. The van der Waals surface area contributed by atoms with Gasteiger partial charge in [0.2, 0.25) is 0 Å². The summed E-state index contributed by atoms with van der Waals surface area (Å²) in [4.78, 5) is 0. The van der Waals surface area contributed by atoms with Crippen LogP contribution in [0.15, 0.2) is 0 Å². The van der Waals surface area contributed by atoms with E-state index in [2.05, 4.69) is 6.92 Å². The van der Waals surface area contributed by atoms with Gasteiger partial charge in [-0.3, -0.25) is 0 Å². The molecular weight excluding hydrogens is 178 g/mol. The summed E-state index contributed by atoms with van der Waals surface area (Å²) in [5.74, 6) is 0.470. The second kappa shape index (κ2) is 6.38. The zero-order valence-corrected chi connectivity index (χ0v) is 9.37. The van der Waals surface area contributed by atoms with Gasteiger partial charge in [-0.25, -0.2) is 0 Å². The zero-order valence-electron chi connectivity index (χ0n) is 9.37. The molecule has 1 saturated carbocycles. The van der Waals surface area contributed by atoms with Crippen LogP contribution in [0.2, 0.25) is 0 Å². The molecule has 3 nitrogen and oxygen atoms in total. The first kappa shape index (κ1) is 12.0. The molecule has 0 spiro atoms. The van der Waals surface area contributed by atoms with Crippen molar-refractivity contribution in [2.75, 3.05) is 20.3 Å². The first-order valence-electron chi connectivity index (χ1n) is 5.60. The van der Waals surface area contributed by atoms with Gasteiger partial charge in [0.1, 0.15) is 0 Å². The highest BCUT2D eigenvalue weighted by Gasteiger charge is 2.22. The summed E-state index contributed by atoms with van der Waals surface area (Å²) < 4.78 is 11.2. The number of nitrogens with two attached hydrogens (primary N) is 1. The van der Waals surface area contributed by atoms with Crippen molar-refractivity contribution in [1.29, 1.82) is 0 Å². The minimum Gasteiger partial charge on any atom is -0.381 e. The first-order valence-corrected chi connectivity index (χ1v) is 5.60. The lowest BCUT2D eigenvalue weighted by atomic mass is 9.95. The molecule has 3 unspecified atom stereocenters. The Hall–Kier alpha value is -0.120. The Bertz CT molecular complexity index is 152. The Labute approximate surface area is 86.9 Å². The lowest BCUT2D eigenvalue weighted by Crippen LogP contribution is -2.29. The maximum absolute atomic E-state index is 5.81. The number of hydrogen-bond donors (Lipinski definition) is 1. The number of ether oxygens (including phenoxy) is 2. The van der Waals surface area contributed by atoms with E-state index in [-0.39, 0.29) is 0 Å². The maximum Gasteiger partial charge on any atom is 0.0600 e. The van der Waals surface area contributed by atoms with E-state index in [4.69, 9.17) is 15.2 Å². The van der Waals surface area contributed by atoms with Crippen molar-refractivity contribution in [1.82, 2.24) is 0 Å².